The highest BCUT2D eigenvalue weighted by atomic mass is 16.7. The summed E-state index contributed by atoms with van der Waals surface area (Å²) in [6.07, 6.45) is 0. The molecular weight excluding hydrogens is 178 g/mol. The van der Waals surface area contributed by atoms with Gasteiger partial charge in [-0.05, 0) is 30.5 Å². The number of rotatable bonds is 2. The smallest absolute Gasteiger partial charge is 0.231 e. The molecule has 76 valence electrons. The Kier molecular flexibility index (Phi) is 2.33. The first-order chi connectivity index (χ1) is 6.68. The summed E-state index contributed by atoms with van der Waals surface area (Å²) in [4.78, 5) is 0. The summed E-state index contributed by atoms with van der Waals surface area (Å²) in [5.74, 6) is 1.99. The van der Waals surface area contributed by atoms with Crippen LogP contribution in [0.1, 0.15) is 25.3 Å². The molecule has 2 unspecified atom stereocenters. The lowest BCUT2D eigenvalue weighted by atomic mass is 9.95. The van der Waals surface area contributed by atoms with Crippen LogP contribution in [0.5, 0.6) is 11.5 Å². The Morgan fingerprint density at radius 3 is 2.64 bits per heavy atom. The molecule has 0 saturated carbocycles. The van der Waals surface area contributed by atoms with E-state index in [9.17, 15) is 0 Å². The van der Waals surface area contributed by atoms with E-state index in [0.717, 1.165) is 11.5 Å². The van der Waals surface area contributed by atoms with Gasteiger partial charge in [0.2, 0.25) is 6.79 Å². The molecule has 3 nitrogen and oxygen atoms in total. The van der Waals surface area contributed by atoms with E-state index in [1.807, 2.05) is 25.1 Å². The van der Waals surface area contributed by atoms with Crippen LogP contribution < -0.4 is 15.2 Å². The van der Waals surface area contributed by atoms with Gasteiger partial charge in [0.1, 0.15) is 0 Å². The van der Waals surface area contributed by atoms with Crippen LogP contribution in [0.25, 0.3) is 0 Å². The third-order valence-corrected chi connectivity index (χ3v) is 2.71. The minimum Gasteiger partial charge on any atom is -0.454 e. The highest BCUT2D eigenvalue weighted by molar-refractivity contribution is 5.45. The second kappa shape index (κ2) is 3.50. The molecule has 0 fully saturated rings. The van der Waals surface area contributed by atoms with E-state index in [-0.39, 0.29) is 6.04 Å². The van der Waals surface area contributed by atoms with Crippen molar-refractivity contribution in [2.45, 2.75) is 25.8 Å². The average molecular weight is 193 g/mol. The molecule has 1 aromatic rings. The molecule has 1 aliphatic heterocycles. The molecule has 2 N–H and O–H groups in total. The number of nitrogens with two attached hydrogens (primary N) is 1. The van der Waals surface area contributed by atoms with E-state index in [2.05, 4.69) is 6.92 Å². The lowest BCUT2D eigenvalue weighted by molar-refractivity contribution is 0.174. The molecule has 3 heteroatoms. The van der Waals surface area contributed by atoms with Crippen molar-refractivity contribution in [3.05, 3.63) is 23.8 Å². The van der Waals surface area contributed by atoms with Crippen molar-refractivity contribution in [2.24, 2.45) is 5.73 Å². The van der Waals surface area contributed by atoms with Gasteiger partial charge in [0.25, 0.3) is 0 Å². The summed E-state index contributed by atoms with van der Waals surface area (Å²) in [5.41, 5.74) is 7.04. The molecule has 0 aliphatic carbocycles. The first-order valence-electron chi connectivity index (χ1n) is 4.83. The van der Waals surface area contributed by atoms with E-state index in [1.54, 1.807) is 0 Å². The van der Waals surface area contributed by atoms with Gasteiger partial charge in [-0.1, -0.05) is 13.0 Å². The fourth-order valence-corrected chi connectivity index (χ4v) is 1.50. The van der Waals surface area contributed by atoms with Crippen LogP contribution in [-0.2, 0) is 0 Å². The standard InChI is InChI=1S/C11H15NO2/c1-7(8(2)12)9-3-4-10-11(5-9)14-6-13-10/h3-5,7-8H,6,12H2,1-2H3. The van der Waals surface area contributed by atoms with E-state index >= 15 is 0 Å². The Labute approximate surface area is 83.8 Å². The van der Waals surface area contributed by atoms with Gasteiger partial charge < -0.3 is 15.2 Å². The maximum atomic E-state index is 5.84. The molecule has 1 heterocycles. The largest absolute Gasteiger partial charge is 0.454 e. The van der Waals surface area contributed by atoms with E-state index < -0.39 is 0 Å². The van der Waals surface area contributed by atoms with Crippen molar-refractivity contribution in [1.82, 2.24) is 0 Å². The summed E-state index contributed by atoms with van der Waals surface area (Å²) < 4.78 is 10.5. The molecule has 0 bridgehead atoms. The molecular formula is C11H15NO2. The van der Waals surface area contributed by atoms with Crippen molar-refractivity contribution in [2.75, 3.05) is 6.79 Å². The zero-order chi connectivity index (χ0) is 10.1. The van der Waals surface area contributed by atoms with Crippen LogP contribution in [0.3, 0.4) is 0 Å². The van der Waals surface area contributed by atoms with Crippen LogP contribution in [0.4, 0.5) is 0 Å². The summed E-state index contributed by atoms with van der Waals surface area (Å²) in [6, 6.07) is 6.14. The monoisotopic (exact) mass is 193 g/mol. The predicted molar refractivity (Wildman–Crippen MR) is 54.6 cm³/mol. The van der Waals surface area contributed by atoms with Gasteiger partial charge in [-0.2, -0.15) is 0 Å². The molecule has 0 saturated heterocycles. The number of hydrogen-bond donors (Lipinski definition) is 1. The SMILES string of the molecule is CC(N)C(C)c1ccc2c(c1)OCO2. The fourth-order valence-electron chi connectivity index (χ4n) is 1.50. The van der Waals surface area contributed by atoms with Crippen LogP contribution in [0.15, 0.2) is 18.2 Å². The zero-order valence-electron chi connectivity index (χ0n) is 8.49. The van der Waals surface area contributed by atoms with Crippen molar-refractivity contribution in [3.63, 3.8) is 0 Å². The Bertz CT molecular complexity index is 336. The van der Waals surface area contributed by atoms with E-state index in [4.69, 9.17) is 15.2 Å². The second-order valence-electron chi connectivity index (χ2n) is 3.76. The van der Waals surface area contributed by atoms with Crippen LogP contribution in [0, 0.1) is 0 Å². The average Bonchev–Trinajstić information content (AvgIpc) is 2.62. The third kappa shape index (κ3) is 1.55. The quantitative estimate of drug-likeness (QED) is 0.779. The fraction of sp³-hybridized carbons (Fsp3) is 0.455. The molecule has 0 radical (unpaired) electrons. The molecule has 0 aromatic heterocycles. The number of benzene rings is 1. The minimum absolute atomic E-state index is 0.148. The molecule has 0 amide bonds. The van der Waals surface area contributed by atoms with Crippen LogP contribution in [-0.4, -0.2) is 12.8 Å². The van der Waals surface area contributed by atoms with Gasteiger partial charge in [0.15, 0.2) is 11.5 Å². The van der Waals surface area contributed by atoms with E-state index in [0.29, 0.717) is 12.7 Å². The summed E-state index contributed by atoms with van der Waals surface area (Å²) >= 11 is 0. The van der Waals surface area contributed by atoms with E-state index in [1.165, 1.54) is 5.56 Å². The van der Waals surface area contributed by atoms with Gasteiger partial charge in [-0.3, -0.25) is 0 Å². The lowest BCUT2D eigenvalue weighted by Crippen LogP contribution is -2.22. The van der Waals surface area contributed by atoms with Crippen molar-refractivity contribution >= 4 is 0 Å². The predicted octanol–water partition coefficient (Wildman–Crippen LogP) is 1.87. The van der Waals surface area contributed by atoms with Gasteiger partial charge in [-0.15, -0.1) is 0 Å². The lowest BCUT2D eigenvalue weighted by Gasteiger charge is -2.15. The normalized spacial score (nSPS) is 17.9. The molecule has 14 heavy (non-hydrogen) atoms. The first kappa shape index (κ1) is 9.34. The Hall–Kier alpha value is -1.22. The Morgan fingerprint density at radius 2 is 1.93 bits per heavy atom. The van der Waals surface area contributed by atoms with Gasteiger partial charge in [0.05, 0.1) is 0 Å². The van der Waals surface area contributed by atoms with Gasteiger partial charge >= 0.3 is 0 Å². The Morgan fingerprint density at radius 1 is 1.21 bits per heavy atom. The molecule has 2 atom stereocenters. The molecule has 0 spiro atoms. The number of hydrogen-bond acceptors (Lipinski definition) is 3. The summed E-state index contributed by atoms with van der Waals surface area (Å²) in [7, 11) is 0. The van der Waals surface area contributed by atoms with Crippen LogP contribution in [0.2, 0.25) is 0 Å². The third-order valence-electron chi connectivity index (χ3n) is 2.71. The van der Waals surface area contributed by atoms with Crippen molar-refractivity contribution in [1.29, 1.82) is 0 Å². The molecule has 2 rings (SSSR count). The maximum absolute atomic E-state index is 5.84. The van der Waals surface area contributed by atoms with Crippen molar-refractivity contribution in [3.8, 4) is 11.5 Å². The van der Waals surface area contributed by atoms with Crippen molar-refractivity contribution < 1.29 is 9.47 Å². The zero-order valence-corrected chi connectivity index (χ0v) is 8.49. The second-order valence-corrected chi connectivity index (χ2v) is 3.76. The summed E-state index contributed by atoms with van der Waals surface area (Å²) in [6.45, 7) is 4.45. The highest BCUT2D eigenvalue weighted by Gasteiger charge is 2.17. The molecule has 1 aliphatic rings. The maximum Gasteiger partial charge on any atom is 0.231 e. The van der Waals surface area contributed by atoms with Gasteiger partial charge in [0, 0.05) is 6.04 Å². The Balaban J connectivity index is 2.28. The number of ether oxygens (including phenoxy) is 2. The molecule has 1 aromatic carbocycles. The minimum atomic E-state index is 0.148. The summed E-state index contributed by atoms with van der Waals surface area (Å²) in [5, 5.41) is 0. The van der Waals surface area contributed by atoms with Gasteiger partial charge in [-0.25, -0.2) is 0 Å². The topological polar surface area (TPSA) is 44.5 Å². The first-order valence-corrected chi connectivity index (χ1v) is 4.83. The number of fused-ring (bicyclic) bond motifs is 1. The highest BCUT2D eigenvalue weighted by Crippen LogP contribution is 2.34. The van der Waals surface area contributed by atoms with Crippen LogP contribution >= 0.6 is 0 Å².